The molecule has 6 nitrogen and oxygen atoms in total. The first-order valence-electron chi connectivity index (χ1n) is 9.24. The SMILES string of the molecule is C=CCN(Cc1nccn1Cc1cccc(OC)c1)S(=O)(=O)c1ccc(C)cc1. The number of hydrogen-bond donors (Lipinski definition) is 0. The molecule has 29 heavy (non-hydrogen) atoms. The molecule has 0 saturated carbocycles. The predicted octanol–water partition coefficient (Wildman–Crippen LogP) is 3.63. The molecular weight excluding hydrogens is 386 g/mol. The van der Waals surface area contributed by atoms with Gasteiger partial charge in [0.25, 0.3) is 0 Å². The van der Waals surface area contributed by atoms with Crippen molar-refractivity contribution >= 4 is 10.0 Å². The molecule has 3 rings (SSSR count). The third-order valence-electron chi connectivity index (χ3n) is 4.60. The maximum atomic E-state index is 13.1. The maximum absolute atomic E-state index is 13.1. The highest BCUT2D eigenvalue weighted by atomic mass is 32.2. The van der Waals surface area contributed by atoms with E-state index in [0.717, 1.165) is 16.9 Å². The molecule has 152 valence electrons. The van der Waals surface area contributed by atoms with Gasteiger partial charge in [-0.15, -0.1) is 6.58 Å². The van der Waals surface area contributed by atoms with Crippen LogP contribution in [0.15, 0.2) is 78.5 Å². The van der Waals surface area contributed by atoms with E-state index in [0.29, 0.717) is 12.4 Å². The van der Waals surface area contributed by atoms with E-state index in [4.69, 9.17) is 4.74 Å². The van der Waals surface area contributed by atoms with Crippen molar-refractivity contribution in [2.24, 2.45) is 0 Å². The molecule has 0 aliphatic rings. The Kier molecular flexibility index (Phi) is 6.51. The van der Waals surface area contributed by atoms with Gasteiger partial charge in [-0.1, -0.05) is 35.9 Å². The van der Waals surface area contributed by atoms with E-state index in [1.807, 2.05) is 42.0 Å². The van der Waals surface area contributed by atoms with E-state index in [2.05, 4.69) is 11.6 Å². The first kappa shape index (κ1) is 20.8. The van der Waals surface area contributed by atoms with Gasteiger partial charge in [-0.3, -0.25) is 0 Å². The minimum absolute atomic E-state index is 0.152. The lowest BCUT2D eigenvalue weighted by Gasteiger charge is -2.21. The number of rotatable bonds is 9. The quantitative estimate of drug-likeness (QED) is 0.505. The number of sulfonamides is 1. The summed E-state index contributed by atoms with van der Waals surface area (Å²) in [6.07, 6.45) is 5.11. The summed E-state index contributed by atoms with van der Waals surface area (Å²) in [5.74, 6) is 1.43. The highest BCUT2D eigenvalue weighted by Gasteiger charge is 2.25. The maximum Gasteiger partial charge on any atom is 0.243 e. The van der Waals surface area contributed by atoms with Gasteiger partial charge < -0.3 is 9.30 Å². The third-order valence-corrected chi connectivity index (χ3v) is 6.42. The minimum Gasteiger partial charge on any atom is -0.497 e. The molecule has 0 fully saturated rings. The summed E-state index contributed by atoms with van der Waals surface area (Å²) in [5, 5.41) is 0. The van der Waals surface area contributed by atoms with E-state index in [9.17, 15) is 8.42 Å². The second-order valence-corrected chi connectivity index (χ2v) is 8.66. The van der Waals surface area contributed by atoms with Crippen molar-refractivity contribution < 1.29 is 13.2 Å². The van der Waals surface area contributed by atoms with Gasteiger partial charge >= 0.3 is 0 Å². The molecule has 0 spiro atoms. The Balaban J connectivity index is 1.85. The lowest BCUT2D eigenvalue weighted by atomic mass is 10.2. The Bertz CT molecular complexity index is 1070. The first-order valence-corrected chi connectivity index (χ1v) is 10.7. The number of hydrogen-bond acceptors (Lipinski definition) is 4. The van der Waals surface area contributed by atoms with Crippen LogP contribution in [0.25, 0.3) is 0 Å². The fourth-order valence-electron chi connectivity index (χ4n) is 3.01. The molecule has 0 aliphatic heterocycles. The summed E-state index contributed by atoms with van der Waals surface area (Å²) in [6.45, 7) is 6.55. The van der Waals surface area contributed by atoms with Crippen LogP contribution in [0.5, 0.6) is 5.75 Å². The molecular formula is C22H25N3O3S. The number of ether oxygens (including phenoxy) is 1. The molecule has 1 aromatic heterocycles. The molecule has 2 aromatic carbocycles. The number of methoxy groups -OCH3 is 1. The Morgan fingerprint density at radius 3 is 2.66 bits per heavy atom. The van der Waals surface area contributed by atoms with Gasteiger partial charge in [0, 0.05) is 25.5 Å². The molecule has 0 N–H and O–H groups in total. The number of aromatic nitrogens is 2. The number of nitrogens with zero attached hydrogens (tertiary/aromatic N) is 3. The summed E-state index contributed by atoms with van der Waals surface area (Å²) >= 11 is 0. The zero-order chi connectivity index (χ0) is 20.9. The van der Waals surface area contributed by atoms with Gasteiger partial charge in [-0.25, -0.2) is 13.4 Å². The zero-order valence-electron chi connectivity index (χ0n) is 16.7. The monoisotopic (exact) mass is 411 g/mol. The second-order valence-electron chi connectivity index (χ2n) is 6.72. The summed E-state index contributed by atoms with van der Waals surface area (Å²) in [7, 11) is -2.04. The fourth-order valence-corrected chi connectivity index (χ4v) is 4.38. The van der Waals surface area contributed by atoms with Crippen LogP contribution in [-0.4, -0.2) is 35.9 Å². The lowest BCUT2D eigenvalue weighted by Crippen LogP contribution is -2.32. The highest BCUT2D eigenvalue weighted by molar-refractivity contribution is 7.89. The standard InChI is InChI=1S/C22H25N3O3S/c1-4-13-25(29(26,27)21-10-8-18(2)9-11-21)17-22-23-12-14-24(22)16-19-6-5-7-20(15-19)28-3/h4-12,14-15H,1,13,16-17H2,2-3H3. The van der Waals surface area contributed by atoms with Gasteiger partial charge in [0.1, 0.15) is 11.6 Å². The summed E-state index contributed by atoms with van der Waals surface area (Å²) in [5.41, 5.74) is 2.05. The van der Waals surface area contributed by atoms with Gasteiger partial charge in [0.15, 0.2) is 0 Å². The normalized spacial score (nSPS) is 11.6. The summed E-state index contributed by atoms with van der Waals surface area (Å²) < 4.78 is 34.9. The Morgan fingerprint density at radius 2 is 1.97 bits per heavy atom. The smallest absolute Gasteiger partial charge is 0.243 e. The average Bonchev–Trinajstić information content (AvgIpc) is 3.14. The van der Waals surface area contributed by atoms with E-state index in [1.165, 1.54) is 4.31 Å². The van der Waals surface area contributed by atoms with Crippen LogP contribution in [-0.2, 0) is 23.1 Å². The van der Waals surface area contributed by atoms with Crippen LogP contribution in [0, 0.1) is 6.92 Å². The van der Waals surface area contributed by atoms with Crippen molar-refractivity contribution in [1.82, 2.24) is 13.9 Å². The molecule has 0 saturated heterocycles. The zero-order valence-corrected chi connectivity index (χ0v) is 17.5. The van der Waals surface area contributed by atoms with E-state index in [1.54, 1.807) is 43.6 Å². The van der Waals surface area contributed by atoms with Gasteiger partial charge in [0.2, 0.25) is 10.0 Å². The average molecular weight is 412 g/mol. The Labute approximate surface area is 172 Å². The second kappa shape index (κ2) is 9.07. The highest BCUT2D eigenvalue weighted by Crippen LogP contribution is 2.20. The van der Waals surface area contributed by atoms with Gasteiger partial charge in [-0.05, 0) is 36.8 Å². The van der Waals surface area contributed by atoms with Crippen LogP contribution in [0.2, 0.25) is 0 Å². The molecule has 0 aliphatic carbocycles. The Morgan fingerprint density at radius 1 is 1.21 bits per heavy atom. The van der Waals surface area contributed by atoms with Crippen LogP contribution in [0.3, 0.4) is 0 Å². The molecule has 0 unspecified atom stereocenters. The van der Waals surface area contributed by atoms with Crippen molar-refractivity contribution in [1.29, 1.82) is 0 Å². The molecule has 0 atom stereocenters. The van der Waals surface area contributed by atoms with E-state index < -0.39 is 10.0 Å². The van der Waals surface area contributed by atoms with Crippen LogP contribution in [0.4, 0.5) is 0 Å². The lowest BCUT2D eigenvalue weighted by molar-refractivity contribution is 0.413. The van der Waals surface area contributed by atoms with Crippen LogP contribution in [0.1, 0.15) is 17.0 Å². The molecule has 0 amide bonds. The van der Waals surface area contributed by atoms with Gasteiger partial charge in [0.05, 0.1) is 18.6 Å². The molecule has 0 bridgehead atoms. The summed E-state index contributed by atoms with van der Waals surface area (Å²) in [4.78, 5) is 4.65. The van der Waals surface area contributed by atoms with Crippen LogP contribution < -0.4 is 4.74 Å². The molecule has 3 aromatic rings. The molecule has 7 heteroatoms. The number of aryl methyl sites for hydroxylation is 1. The first-order chi connectivity index (χ1) is 13.9. The van der Waals surface area contributed by atoms with E-state index in [-0.39, 0.29) is 18.0 Å². The van der Waals surface area contributed by atoms with Crippen molar-refractivity contribution in [2.45, 2.75) is 24.9 Å². The summed E-state index contributed by atoms with van der Waals surface area (Å²) in [6, 6.07) is 14.6. The predicted molar refractivity (Wildman–Crippen MR) is 113 cm³/mol. The fraction of sp³-hybridized carbons (Fsp3) is 0.227. The van der Waals surface area contributed by atoms with E-state index >= 15 is 0 Å². The largest absolute Gasteiger partial charge is 0.497 e. The minimum atomic E-state index is -3.67. The molecule has 0 radical (unpaired) electrons. The topological polar surface area (TPSA) is 64.4 Å². The van der Waals surface area contributed by atoms with Crippen molar-refractivity contribution in [2.75, 3.05) is 13.7 Å². The third kappa shape index (κ3) is 4.93. The number of imidazole rings is 1. The van der Waals surface area contributed by atoms with Crippen molar-refractivity contribution in [3.05, 3.63) is 90.5 Å². The van der Waals surface area contributed by atoms with Crippen molar-refractivity contribution in [3.63, 3.8) is 0 Å². The number of benzene rings is 2. The molecule has 1 heterocycles. The van der Waals surface area contributed by atoms with Crippen LogP contribution >= 0.6 is 0 Å². The Hall–Kier alpha value is -2.90. The van der Waals surface area contributed by atoms with Crippen molar-refractivity contribution in [3.8, 4) is 5.75 Å². The van der Waals surface area contributed by atoms with Gasteiger partial charge in [-0.2, -0.15) is 4.31 Å².